The summed E-state index contributed by atoms with van der Waals surface area (Å²) in [5.41, 5.74) is 1.58. The van der Waals surface area contributed by atoms with E-state index in [4.69, 9.17) is 4.74 Å². The molecule has 0 unspecified atom stereocenters. The Bertz CT molecular complexity index is 788. The van der Waals surface area contributed by atoms with Crippen molar-refractivity contribution in [2.45, 2.75) is 45.8 Å². The van der Waals surface area contributed by atoms with Gasteiger partial charge in [-0.15, -0.1) is 0 Å². The van der Waals surface area contributed by atoms with E-state index in [9.17, 15) is 14.0 Å². The molecule has 1 atom stereocenters. The summed E-state index contributed by atoms with van der Waals surface area (Å²) in [4.78, 5) is 27.0. The third kappa shape index (κ3) is 6.08. The summed E-state index contributed by atoms with van der Waals surface area (Å²) in [6.45, 7) is 5.75. The van der Waals surface area contributed by atoms with Gasteiger partial charge in [-0.3, -0.25) is 9.59 Å². The molecule has 0 saturated carbocycles. The van der Waals surface area contributed by atoms with E-state index in [2.05, 4.69) is 5.32 Å². The minimum absolute atomic E-state index is 0.0232. The van der Waals surface area contributed by atoms with Crippen LogP contribution in [0.1, 0.15) is 31.9 Å². The number of amides is 2. The Labute approximate surface area is 165 Å². The van der Waals surface area contributed by atoms with E-state index >= 15 is 0 Å². The average molecular weight is 386 g/mol. The predicted octanol–water partition coefficient (Wildman–Crippen LogP) is 3.32. The van der Waals surface area contributed by atoms with Gasteiger partial charge in [0.15, 0.2) is 0 Å². The molecule has 150 valence electrons. The molecule has 0 aromatic heterocycles. The first kappa shape index (κ1) is 21.4. The van der Waals surface area contributed by atoms with Crippen LogP contribution in [-0.4, -0.2) is 35.9 Å². The molecule has 2 amide bonds. The topological polar surface area (TPSA) is 58.6 Å². The number of rotatable bonds is 8. The summed E-state index contributed by atoms with van der Waals surface area (Å²) in [7, 11) is 1.59. The predicted molar refractivity (Wildman–Crippen MR) is 106 cm³/mol. The lowest BCUT2D eigenvalue weighted by atomic mass is 10.1. The molecule has 2 aromatic rings. The van der Waals surface area contributed by atoms with E-state index in [0.717, 1.165) is 11.3 Å². The Kier molecular flexibility index (Phi) is 7.55. The Morgan fingerprint density at radius 1 is 1.00 bits per heavy atom. The van der Waals surface area contributed by atoms with E-state index in [-0.39, 0.29) is 36.6 Å². The second-order valence-electron chi connectivity index (χ2n) is 7.01. The first-order valence-corrected chi connectivity index (χ1v) is 9.27. The van der Waals surface area contributed by atoms with E-state index in [1.165, 1.54) is 12.1 Å². The van der Waals surface area contributed by atoms with Crippen LogP contribution in [0.15, 0.2) is 48.5 Å². The quantitative estimate of drug-likeness (QED) is 0.757. The van der Waals surface area contributed by atoms with Crippen molar-refractivity contribution in [2.24, 2.45) is 0 Å². The largest absolute Gasteiger partial charge is 0.497 e. The molecule has 0 aliphatic heterocycles. The number of nitrogens with zero attached hydrogens (tertiary/aromatic N) is 1. The maximum atomic E-state index is 13.1. The average Bonchev–Trinajstić information content (AvgIpc) is 2.67. The van der Waals surface area contributed by atoms with Crippen molar-refractivity contribution in [1.82, 2.24) is 10.2 Å². The lowest BCUT2D eigenvalue weighted by Crippen LogP contribution is -2.49. The van der Waals surface area contributed by atoms with Crippen molar-refractivity contribution >= 4 is 11.8 Å². The minimum atomic E-state index is -0.641. The van der Waals surface area contributed by atoms with Crippen LogP contribution >= 0.6 is 0 Å². The molecular formula is C22H27FN2O3. The molecule has 28 heavy (non-hydrogen) atoms. The van der Waals surface area contributed by atoms with E-state index in [0.29, 0.717) is 5.56 Å². The second-order valence-corrected chi connectivity index (χ2v) is 7.01. The van der Waals surface area contributed by atoms with Gasteiger partial charge in [0.1, 0.15) is 17.6 Å². The summed E-state index contributed by atoms with van der Waals surface area (Å²) >= 11 is 0. The Morgan fingerprint density at radius 3 is 2.11 bits per heavy atom. The Morgan fingerprint density at radius 2 is 1.57 bits per heavy atom. The highest BCUT2D eigenvalue weighted by molar-refractivity contribution is 5.88. The second kappa shape index (κ2) is 9.88. The number of halogens is 1. The molecule has 0 aliphatic rings. The number of hydrogen-bond donors (Lipinski definition) is 1. The molecule has 2 aromatic carbocycles. The van der Waals surface area contributed by atoms with Crippen LogP contribution in [0.4, 0.5) is 4.39 Å². The highest BCUT2D eigenvalue weighted by Crippen LogP contribution is 2.16. The Hall–Kier alpha value is -2.89. The number of benzene rings is 2. The minimum Gasteiger partial charge on any atom is -0.497 e. The normalized spacial score (nSPS) is 11.8. The van der Waals surface area contributed by atoms with Crippen LogP contribution in [-0.2, 0) is 22.6 Å². The fourth-order valence-corrected chi connectivity index (χ4v) is 2.79. The zero-order valence-corrected chi connectivity index (χ0v) is 16.7. The molecule has 0 saturated heterocycles. The van der Waals surface area contributed by atoms with Gasteiger partial charge >= 0.3 is 0 Å². The number of methoxy groups -OCH3 is 1. The van der Waals surface area contributed by atoms with Crippen LogP contribution in [0.2, 0.25) is 0 Å². The van der Waals surface area contributed by atoms with Gasteiger partial charge in [0.05, 0.1) is 13.5 Å². The summed E-state index contributed by atoms with van der Waals surface area (Å²) in [6, 6.07) is 12.5. The van der Waals surface area contributed by atoms with Crippen molar-refractivity contribution in [3.05, 3.63) is 65.5 Å². The molecule has 0 fully saturated rings. The summed E-state index contributed by atoms with van der Waals surface area (Å²) < 4.78 is 18.3. The molecule has 5 nitrogen and oxygen atoms in total. The lowest BCUT2D eigenvalue weighted by Gasteiger charge is -2.29. The third-order valence-electron chi connectivity index (χ3n) is 4.38. The number of carbonyl (C=O) groups excluding carboxylic acids is 2. The smallest absolute Gasteiger partial charge is 0.242 e. The molecule has 0 spiro atoms. The van der Waals surface area contributed by atoms with Gasteiger partial charge in [-0.05, 0) is 56.2 Å². The highest BCUT2D eigenvalue weighted by Gasteiger charge is 2.26. The van der Waals surface area contributed by atoms with Gasteiger partial charge < -0.3 is 15.0 Å². The van der Waals surface area contributed by atoms with Crippen LogP contribution < -0.4 is 10.1 Å². The van der Waals surface area contributed by atoms with Crippen molar-refractivity contribution in [2.75, 3.05) is 7.11 Å². The lowest BCUT2D eigenvalue weighted by molar-refractivity contribution is -0.140. The summed E-state index contributed by atoms with van der Waals surface area (Å²) in [5.74, 6) is -0.0423. The van der Waals surface area contributed by atoms with Crippen LogP contribution in [0, 0.1) is 5.82 Å². The van der Waals surface area contributed by atoms with Crippen LogP contribution in [0.25, 0.3) is 0 Å². The highest BCUT2D eigenvalue weighted by atomic mass is 19.1. The van der Waals surface area contributed by atoms with Crippen molar-refractivity contribution in [1.29, 1.82) is 0 Å². The summed E-state index contributed by atoms with van der Waals surface area (Å²) in [6.07, 6.45) is 0.0930. The zero-order chi connectivity index (χ0) is 20.7. The summed E-state index contributed by atoms with van der Waals surface area (Å²) in [5, 5.41) is 2.85. The molecule has 1 N–H and O–H groups in total. The Balaban J connectivity index is 2.21. The molecule has 2 rings (SSSR count). The molecule has 6 heteroatoms. The molecular weight excluding hydrogens is 359 g/mol. The number of ether oxygens (including phenoxy) is 1. The maximum Gasteiger partial charge on any atom is 0.242 e. The van der Waals surface area contributed by atoms with Crippen LogP contribution in [0.5, 0.6) is 5.75 Å². The van der Waals surface area contributed by atoms with Gasteiger partial charge in [-0.1, -0.05) is 24.3 Å². The number of hydrogen-bond acceptors (Lipinski definition) is 3. The molecule has 0 radical (unpaired) electrons. The maximum absolute atomic E-state index is 13.1. The van der Waals surface area contributed by atoms with Gasteiger partial charge in [-0.2, -0.15) is 0 Å². The van der Waals surface area contributed by atoms with Crippen molar-refractivity contribution in [3.8, 4) is 5.75 Å². The SMILES string of the molecule is COc1ccc(CN(C(=O)Cc2ccc(F)cc2)[C@H](C)C(=O)NC(C)C)cc1. The standard InChI is InChI=1S/C22H27FN2O3/c1-15(2)24-22(27)16(3)25(14-18-7-11-20(28-4)12-8-18)21(26)13-17-5-9-19(23)10-6-17/h5-12,15-16H,13-14H2,1-4H3,(H,24,27)/t16-/m1/s1. The van der Waals surface area contributed by atoms with Crippen LogP contribution in [0.3, 0.4) is 0 Å². The monoisotopic (exact) mass is 386 g/mol. The van der Waals surface area contributed by atoms with Crippen molar-refractivity contribution < 1.29 is 18.7 Å². The first-order valence-electron chi connectivity index (χ1n) is 9.27. The van der Waals surface area contributed by atoms with Gasteiger partial charge in [0.2, 0.25) is 11.8 Å². The molecule has 0 aliphatic carbocycles. The fourth-order valence-electron chi connectivity index (χ4n) is 2.79. The first-order chi connectivity index (χ1) is 13.3. The fraction of sp³-hybridized carbons (Fsp3) is 0.364. The zero-order valence-electron chi connectivity index (χ0n) is 16.7. The molecule has 0 heterocycles. The van der Waals surface area contributed by atoms with E-state index in [1.54, 1.807) is 31.1 Å². The van der Waals surface area contributed by atoms with E-state index in [1.807, 2.05) is 38.1 Å². The third-order valence-corrected chi connectivity index (χ3v) is 4.38. The van der Waals surface area contributed by atoms with Crippen molar-refractivity contribution in [3.63, 3.8) is 0 Å². The van der Waals surface area contributed by atoms with Gasteiger partial charge in [-0.25, -0.2) is 4.39 Å². The van der Waals surface area contributed by atoms with Gasteiger partial charge in [0, 0.05) is 12.6 Å². The number of nitrogens with one attached hydrogen (secondary N) is 1. The van der Waals surface area contributed by atoms with Gasteiger partial charge in [0.25, 0.3) is 0 Å². The van der Waals surface area contributed by atoms with E-state index < -0.39 is 6.04 Å². The number of carbonyl (C=O) groups is 2. The molecule has 0 bridgehead atoms.